The topological polar surface area (TPSA) is 55.6 Å². The Labute approximate surface area is 101 Å². The van der Waals surface area contributed by atoms with Gasteiger partial charge in [-0.15, -0.1) is 0 Å². The molecule has 4 nitrogen and oxygen atoms in total. The van der Waals surface area contributed by atoms with E-state index in [0.717, 1.165) is 24.1 Å². The molecule has 0 saturated carbocycles. The molecule has 1 fully saturated rings. The lowest BCUT2D eigenvalue weighted by Gasteiger charge is -2.17. The van der Waals surface area contributed by atoms with Crippen molar-refractivity contribution in [2.75, 3.05) is 25.9 Å². The summed E-state index contributed by atoms with van der Waals surface area (Å²) in [6, 6.07) is 5.40. The van der Waals surface area contributed by atoms with Crippen LogP contribution in [0.3, 0.4) is 0 Å². The van der Waals surface area contributed by atoms with Crippen molar-refractivity contribution >= 4 is 11.6 Å². The van der Waals surface area contributed by atoms with E-state index in [1.54, 1.807) is 19.2 Å². The third-order valence-electron chi connectivity index (χ3n) is 3.25. The average Bonchev–Trinajstić information content (AvgIpc) is 2.76. The summed E-state index contributed by atoms with van der Waals surface area (Å²) in [5.74, 6) is 0.0713. The first-order chi connectivity index (χ1) is 8.11. The van der Waals surface area contributed by atoms with Crippen LogP contribution in [-0.2, 0) is 4.74 Å². The Morgan fingerprint density at radius 3 is 2.88 bits per heavy atom. The number of aryl methyl sites for hydroxylation is 1. The number of carbonyl (C=O) groups is 1. The van der Waals surface area contributed by atoms with Crippen LogP contribution in [0.4, 0.5) is 5.69 Å². The highest BCUT2D eigenvalue weighted by Gasteiger charge is 2.27. The van der Waals surface area contributed by atoms with E-state index in [4.69, 9.17) is 10.5 Å². The number of benzene rings is 1. The highest BCUT2D eigenvalue weighted by atomic mass is 16.5. The molecule has 1 saturated heterocycles. The van der Waals surface area contributed by atoms with Crippen LogP contribution in [0.15, 0.2) is 18.2 Å². The largest absolute Gasteiger partial charge is 0.399 e. The summed E-state index contributed by atoms with van der Waals surface area (Å²) in [6.07, 6.45) is 1.09. The lowest BCUT2D eigenvalue weighted by atomic mass is 10.1. The Hall–Kier alpha value is -1.55. The minimum Gasteiger partial charge on any atom is -0.399 e. The zero-order valence-electron chi connectivity index (χ0n) is 10.3. The van der Waals surface area contributed by atoms with Crippen LogP contribution in [0.5, 0.6) is 0 Å². The molecule has 1 amide bonds. The second-order valence-electron chi connectivity index (χ2n) is 4.47. The Morgan fingerprint density at radius 2 is 2.29 bits per heavy atom. The minimum absolute atomic E-state index is 0.0713. The van der Waals surface area contributed by atoms with Crippen LogP contribution in [-0.4, -0.2) is 37.1 Å². The number of methoxy groups -OCH3 is 1. The maximum atomic E-state index is 12.3. The molecule has 1 aromatic carbocycles. The van der Waals surface area contributed by atoms with E-state index < -0.39 is 0 Å². The van der Waals surface area contributed by atoms with E-state index in [1.807, 2.05) is 17.9 Å². The molecule has 1 unspecified atom stereocenters. The SMILES string of the molecule is COC1CCN(C(=O)c2ccc(N)cc2C)C1. The van der Waals surface area contributed by atoms with E-state index in [9.17, 15) is 4.79 Å². The maximum Gasteiger partial charge on any atom is 0.254 e. The van der Waals surface area contributed by atoms with Crippen LogP contribution in [0.1, 0.15) is 22.3 Å². The molecule has 2 rings (SSSR count). The third-order valence-corrected chi connectivity index (χ3v) is 3.25. The molecule has 0 aliphatic carbocycles. The first-order valence-electron chi connectivity index (χ1n) is 5.80. The molecule has 1 atom stereocenters. The molecule has 1 heterocycles. The van der Waals surface area contributed by atoms with Gasteiger partial charge in [-0.05, 0) is 37.1 Å². The molecule has 1 aliphatic rings. The van der Waals surface area contributed by atoms with Gasteiger partial charge in [0.25, 0.3) is 5.91 Å². The average molecular weight is 234 g/mol. The van der Waals surface area contributed by atoms with E-state index in [0.29, 0.717) is 12.2 Å². The minimum atomic E-state index is 0.0713. The van der Waals surface area contributed by atoms with Crippen molar-refractivity contribution in [3.63, 3.8) is 0 Å². The molecule has 4 heteroatoms. The van der Waals surface area contributed by atoms with Crippen molar-refractivity contribution in [3.8, 4) is 0 Å². The predicted molar refractivity (Wildman–Crippen MR) is 66.9 cm³/mol. The van der Waals surface area contributed by atoms with Crippen molar-refractivity contribution in [2.45, 2.75) is 19.4 Å². The molecule has 0 aromatic heterocycles. The summed E-state index contributed by atoms with van der Waals surface area (Å²) >= 11 is 0. The first kappa shape index (κ1) is 11.9. The van der Waals surface area contributed by atoms with Crippen molar-refractivity contribution in [2.24, 2.45) is 0 Å². The molecular formula is C13H18N2O2. The van der Waals surface area contributed by atoms with Gasteiger partial charge in [0, 0.05) is 31.5 Å². The quantitative estimate of drug-likeness (QED) is 0.788. The van der Waals surface area contributed by atoms with Gasteiger partial charge in [-0.2, -0.15) is 0 Å². The fourth-order valence-corrected chi connectivity index (χ4v) is 2.20. The van der Waals surface area contributed by atoms with Crippen molar-refractivity contribution in [3.05, 3.63) is 29.3 Å². The van der Waals surface area contributed by atoms with E-state index in [1.165, 1.54) is 0 Å². The van der Waals surface area contributed by atoms with Gasteiger partial charge in [0.1, 0.15) is 0 Å². The lowest BCUT2D eigenvalue weighted by molar-refractivity contribution is 0.0723. The number of nitrogens with two attached hydrogens (primary N) is 1. The van der Waals surface area contributed by atoms with Crippen LogP contribution in [0.25, 0.3) is 0 Å². The summed E-state index contributed by atoms with van der Waals surface area (Å²) < 4.78 is 5.26. The molecule has 17 heavy (non-hydrogen) atoms. The fraction of sp³-hybridized carbons (Fsp3) is 0.462. The van der Waals surface area contributed by atoms with Gasteiger partial charge in [0.2, 0.25) is 0 Å². The summed E-state index contributed by atoms with van der Waals surface area (Å²) in [6.45, 7) is 3.35. The second-order valence-corrected chi connectivity index (χ2v) is 4.47. The van der Waals surface area contributed by atoms with Crippen molar-refractivity contribution in [1.82, 2.24) is 4.90 Å². The second kappa shape index (κ2) is 4.75. The van der Waals surface area contributed by atoms with Gasteiger partial charge in [-0.25, -0.2) is 0 Å². The molecule has 1 aliphatic heterocycles. The number of rotatable bonds is 2. The summed E-state index contributed by atoms with van der Waals surface area (Å²) in [5.41, 5.74) is 8.03. The van der Waals surface area contributed by atoms with Crippen molar-refractivity contribution < 1.29 is 9.53 Å². The molecule has 1 aromatic rings. The maximum absolute atomic E-state index is 12.3. The smallest absolute Gasteiger partial charge is 0.254 e. The van der Waals surface area contributed by atoms with Gasteiger partial charge in [-0.3, -0.25) is 4.79 Å². The normalized spacial score (nSPS) is 19.6. The monoisotopic (exact) mass is 234 g/mol. The van der Waals surface area contributed by atoms with Gasteiger partial charge >= 0.3 is 0 Å². The fourth-order valence-electron chi connectivity index (χ4n) is 2.20. The van der Waals surface area contributed by atoms with E-state index in [2.05, 4.69) is 0 Å². The molecule has 2 N–H and O–H groups in total. The number of ether oxygens (including phenoxy) is 1. The van der Waals surface area contributed by atoms with Gasteiger partial charge < -0.3 is 15.4 Å². The molecule has 0 spiro atoms. The number of likely N-dealkylation sites (tertiary alicyclic amines) is 1. The number of carbonyl (C=O) groups excluding carboxylic acids is 1. The number of hydrogen-bond donors (Lipinski definition) is 1. The van der Waals surface area contributed by atoms with E-state index in [-0.39, 0.29) is 12.0 Å². The Bertz CT molecular complexity index is 431. The molecule has 0 radical (unpaired) electrons. The third kappa shape index (κ3) is 2.42. The first-order valence-corrected chi connectivity index (χ1v) is 5.80. The predicted octanol–water partition coefficient (Wildman–Crippen LogP) is 1.44. The molecule has 92 valence electrons. The molecular weight excluding hydrogens is 216 g/mol. The Kier molecular flexibility index (Phi) is 3.33. The standard InChI is InChI=1S/C13H18N2O2/c1-9-7-10(14)3-4-12(9)13(16)15-6-5-11(8-15)17-2/h3-4,7,11H,5-6,8,14H2,1-2H3. The Balaban J connectivity index is 2.15. The number of hydrogen-bond acceptors (Lipinski definition) is 3. The van der Waals surface area contributed by atoms with Crippen molar-refractivity contribution in [1.29, 1.82) is 0 Å². The lowest BCUT2D eigenvalue weighted by Crippen LogP contribution is -2.30. The summed E-state index contributed by atoms with van der Waals surface area (Å²) in [4.78, 5) is 14.1. The number of nitrogen functional groups attached to an aromatic ring is 1. The van der Waals surface area contributed by atoms with E-state index >= 15 is 0 Å². The zero-order chi connectivity index (χ0) is 12.4. The van der Waals surface area contributed by atoms with Crippen LogP contribution >= 0.6 is 0 Å². The van der Waals surface area contributed by atoms with Crippen LogP contribution in [0.2, 0.25) is 0 Å². The van der Waals surface area contributed by atoms with Crippen LogP contribution in [0, 0.1) is 6.92 Å². The van der Waals surface area contributed by atoms with Crippen LogP contribution < -0.4 is 5.73 Å². The Morgan fingerprint density at radius 1 is 1.53 bits per heavy atom. The number of anilines is 1. The molecule has 0 bridgehead atoms. The van der Waals surface area contributed by atoms with Gasteiger partial charge in [-0.1, -0.05) is 0 Å². The number of amides is 1. The van der Waals surface area contributed by atoms with Gasteiger partial charge in [0.15, 0.2) is 0 Å². The summed E-state index contributed by atoms with van der Waals surface area (Å²) in [7, 11) is 1.69. The van der Waals surface area contributed by atoms with Gasteiger partial charge in [0.05, 0.1) is 6.10 Å². The summed E-state index contributed by atoms with van der Waals surface area (Å²) in [5, 5.41) is 0. The highest BCUT2D eigenvalue weighted by Crippen LogP contribution is 2.19. The highest BCUT2D eigenvalue weighted by molar-refractivity contribution is 5.96. The number of nitrogens with zero attached hydrogens (tertiary/aromatic N) is 1. The zero-order valence-corrected chi connectivity index (χ0v) is 10.3.